The molecule has 4 heteroatoms. The summed E-state index contributed by atoms with van der Waals surface area (Å²) in [6, 6.07) is 5.71. The topological polar surface area (TPSA) is 24.5 Å². The van der Waals surface area contributed by atoms with Crippen molar-refractivity contribution < 1.29 is 9.13 Å². The number of halogens is 1. The van der Waals surface area contributed by atoms with Gasteiger partial charge in [-0.1, -0.05) is 13.8 Å². The number of rotatable bonds is 5. The van der Waals surface area contributed by atoms with Crippen molar-refractivity contribution in [3.8, 4) is 5.75 Å². The standard InChI is InChI=1S/C16H25FN2O/c1-4-8-18-15-7-9-19(11-12(15)2)13-5-6-14(17)16(10-13)20-3/h5-6,10,12,15,18H,4,7-9,11H2,1-3H3. The molecule has 1 saturated heterocycles. The molecule has 1 aromatic rings. The molecule has 20 heavy (non-hydrogen) atoms. The molecule has 2 atom stereocenters. The highest BCUT2D eigenvalue weighted by atomic mass is 19.1. The minimum Gasteiger partial charge on any atom is -0.494 e. The first-order valence-corrected chi connectivity index (χ1v) is 7.47. The molecule has 1 aliphatic rings. The van der Waals surface area contributed by atoms with E-state index >= 15 is 0 Å². The quantitative estimate of drug-likeness (QED) is 0.897. The highest BCUT2D eigenvalue weighted by Crippen LogP contribution is 2.28. The number of nitrogens with zero attached hydrogens (tertiary/aromatic N) is 1. The van der Waals surface area contributed by atoms with Crippen molar-refractivity contribution in [2.45, 2.75) is 32.7 Å². The minimum atomic E-state index is -0.302. The van der Waals surface area contributed by atoms with Gasteiger partial charge in [0.15, 0.2) is 11.6 Å². The highest BCUT2D eigenvalue weighted by Gasteiger charge is 2.25. The summed E-state index contributed by atoms with van der Waals surface area (Å²) in [4.78, 5) is 2.32. The van der Waals surface area contributed by atoms with Gasteiger partial charge in [-0.2, -0.15) is 0 Å². The molecule has 0 aromatic heterocycles. The van der Waals surface area contributed by atoms with Crippen molar-refractivity contribution in [2.75, 3.05) is 31.6 Å². The van der Waals surface area contributed by atoms with Crippen LogP contribution in [-0.4, -0.2) is 32.8 Å². The molecule has 112 valence electrons. The zero-order chi connectivity index (χ0) is 14.5. The Morgan fingerprint density at radius 3 is 2.90 bits per heavy atom. The molecule has 0 aliphatic carbocycles. The number of methoxy groups -OCH3 is 1. The van der Waals surface area contributed by atoms with Gasteiger partial charge in [0.1, 0.15) is 0 Å². The Kier molecular flexibility index (Phi) is 5.24. The molecule has 0 bridgehead atoms. The van der Waals surface area contributed by atoms with Crippen molar-refractivity contribution in [1.29, 1.82) is 0 Å². The van der Waals surface area contributed by atoms with Gasteiger partial charge < -0.3 is 15.0 Å². The number of nitrogens with one attached hydrogen (secondary N) is 1. The first-order valence-electron chi connectivity index (χ1n) is 7.47. The number of hydrogen-bond acceptors (Lipinski definition) is 3. The van der Waals surface area contributed by atoms with Crippen molar-refractivity contribution >= 4 is 5.69 Å². The average Bonchev–Trinajstić information content (AvgIpc) is 2.46. The van der Waals surface area contributed by atoms with E-state index in [-0.39, 0.29) is 5.82 Å². The third kappa shape index (κ3) is 3.42. The van der Waals surface area contributed by atoms with Crippen LogP contribution < -0.4 is 15.0 Å². The summed E-state index contributed by atoms with van der Waals surface area (Å²) in [7, 11) is 1.51. The molecule has 1 aromatic carbocycles. The summed E-state index contributed by atoms with van der Waals surface area (Å²) >= 11 is 0. The molecular weight excluding hydrogens is 255 g/mol. The highest BCUT2D eigenvalue weighted by molar-refractivity contribution is 5.51. The van der Waals surface area contributed by atoms with E-state index in [4.69, 9.17) is 4.74 Å². The molecule has 2 unspecified atom stereocenters. The summed E-state index contributed by atoms with van der Waals surface area (Å²) in [6.45, 7) is 7.55. The second-order valence-corrected chi connectivity index (χ2v) is 5.59. The smallest absolute Gasteiger partial charge is 0.165 e. The van der Waals surface area contributed by atoms with Crippen LogP contribution in [0.25, 0.3) is 0 Å². The van der Waals surface area contributed by atoms with E-state index in [1.165, 1.54) is 19.6 Å². The summed E-state index contributed by atoms with van der Waals surface area (Å²) in [6.07, 6.45) is 2.29. The van der Waals surface area contributed by atoms with Gasteiger partial charge in [-0.25, -0.2) is 4.39 Å². The lowest BCUT2D eigenvalue weighted by atomic mass is 9.93. The molecule has 0 spiro atoms. The largest absolute Gasteiger partial charge is 0.494 e. The van der Waals surface area contributed by atoms with Gasteiger partial charge in [0.05, 0.1) is 7.11 Å². The van der Waals surface area contributed by atoms with Crippen LogP contribution in [0.5, 0.6) is 5.75 Å². The molecule has 0 amide bonds. The molecule has 0 saturated carbocycles. The zero-order valence-corrected chi connectivity index (χ0v) is 12.7. The minimum absolute atomic E-state index is 0.302. The lowest BCUT2D eigenvalue weighted by Gasteiger charge is -2.38. The third-order valence-electron chi connectivity index (χ3n) is 4.06. The Labute approximate surface area is 121 Å². The van der Waals surface area contributed by atoms with E-state index in [9.17, 15) is 4.39 Å². The lowest BCUT2D eigenvalue weighted by Crippen LogP contribution is -2.48. The maximum Gasteiger partial charge on any atom is 0.165 e. The average molecular weight is 280 g/mol. The normalized spacial score (nSPS) is 22.9. The fraction of sp³-hybridized carbons (Fsp3) is 0.625. The molecule has 1 aliphatic heterocycles. The van der Waals surface area contributed by atoms with Crippen LogP contribution in [0, 0.1) is 11.7 Å². The monoisotopic (exact) mass is 280 g/mol. The van der Waals surface area contributed by atoms with Crippen molar-refractivity contribution in [3.63, 3.8) is 0 Å². The van der Waals surface area contributed by atoms with E-state index in [2.05, 4.69) is 24.1 Å². The predicted molar refractivity (Wildman–Crippen MR) is 81.0 cm³/mol. The van der Waals surface area contributed by atoms with Gasteiger partial charge >= 0.3 is 0 Å². The lowest BCUT2D eigenvalue weighted by molar-refractivity contribution is 0.322. The molecular formula is C16H25FN2O. The van der Waals surface area contributed by atoms with Gasteiger partial charge in [0.2, 0.25) is 0 Å². The Morgan fingerprint density at radius 1 is 1.45 bits per heavy atom. The van der Waals surface area contributed by atoms with Crippen LogP contribution >= 0.6 is 0 Å². The second-order valence-electron chi connectivity index (χ2n) is 5.59. The van der Waals surface area contributed by atoms with E-state index in [1.807, 2.05) is 6.07 Å². The fourth-order valence-corrected chi connectivity index (χ4v) is 2.86. The number of ether oxygens (including phenoxy) is 1. The first-order chi connectivity index (χ1) is 9.65. The zero-order valence-electron chi connectivity index (χ0n) is 12.7. The van der Waals surface area contributed by atoms with Crippen molar-refractivity contribution in [2.24, 2.45) is 5.92 Å². The number of piperidine rings is 1. The van der Waals surface area contributed by atoms with E-state index in [0.29, 0.717) is 17.7 Å². The van der Waals surface area contributed by atoms with Gasteiger partial charge in [-0.3, -0.25) is 0 Å². The molecule has 1 N–H and O–H groups in total. The predicted octanol–water partition coefficient (Wildman–Crippen LogP) is 3.05. The van der Waals surface area contributed by atoms with Crippen LogP contribution in [0.1, 0.15) is 26.7 Å². The van der Waals surface area contributed by atoms with Crippen LogP contribution in [0.2, 0.25) is 0 Å². The number of benzene rings is 1. The van der Waals surface area contributed by atoms with Gasteiger partial charge in [-0.05, 0) is 37.4 Å². The van der Waals surface area contributed by atoms with Crippen molar-refractivity contribution in [3.05, 3.63) is 24.0 Å². The SMILES string of the molecule is CCCNC1CCN(c2ccc(F)c(OC)c2)CC1C. The van der Waals surface area contributed by atoms with Crippen LogP contribution in [0.15, 0.2) is 18.2 Å². The molecule has 1 fully saturated rings. The van der Waals surface area contributed by atoms with Crippen molar-refractivity contribution in [1.82, 2.24) is 5.32 Å². The maximum atomic E-state index is 13.5. The first kappa shape index (κ1) is 15.1. The Balaban J connectivity index is 2.01. The maximum absolute atomic E-state index is 13.5. The van der Waals surface area contributed by atoms with Crippen LogP contribution in [0.3, 0.4) is 0 Å². The summed E-state index contributed by atoms with van der Waals surface area (Å²) in [5.74, 6) is 0.608. The van der Waals surface area contributed by atoms with Gasteiger partial charge in [0, 0.05) is 30.9 Å². The van der Waals surface area contributed by atoms with E-state index in [1.54, 1.807) is 6.07 Å². The molecule has 3 nitrogen and oxygen atoms in total. The molecule has 0 radical (unpaired) electrons. The Morgan fingerprint density at radius 2 is 2.25 bits per heavy atom. The number of hydrogen-bond donors (Lipinski definition) is 1. The fourth-order valence-electron chi connectivity index (χ4n) is 2.86. The molecule has 1 heterocycles. The number of anilines is 1. The molecule has 2 rings (SSSR count). The second kappa shape index (κ2) is 6.93. The summed E-state index contributed by atoms with van der Waals surface area (Å²) in [5, 5.41) is 3.61. The third-order valence-corrected chi connectivity index (χ3v) is 4.06. The Hall–Kier alpha value is -1.29. The van der Waals surface area contributed by atoms with Crippen LogP contribution in [-0.2, 0) is 0 Å². The van der Waals surface area contributed by atoms with Gasteiger partial charge in [-0.15, -0.1) is 0 Å². The van der Waals surface area contributed by atoms with E-state index in [0.717, 1.165) is 31.7 Å². The Bertz CT molecular complexity index is 438. The van der Waals surface area contributed by atoms with Gasteiger partial charge in [0.25, 0.3) is 0 Å². The van der Waals surface area contributed by atoms with Crippen LogP contribution in [0.4, 0.5) is 10.1 Å². The summed E-state index contributed by atoms with van der Waals surface area (Å²) < 4.78 is 18.5. The summed E-state index contributed by atoms with van der Waals surface area (Å²) in [5.41, 5.74) is 1.05. The van der Waals surface area contributed by atoms with E-state index < -0.39 is 0 Å².